The number of carboxylic acids is 1. The standard InChI is InChI=1S/C15H20O3/c16-14(17)8-11-15(18)9-6-13(7-10-15)12-4-2-1-3-5-12/h1-5,13,18H,6-11H2,(H,16,17). The van der Waals surface area contributed by atoms with Gasteiger partial charge in [0.05, 0.1) is 5.60 Å². The Morgan fingerprint density at radius 1 is 1.22 bits per heavy atom. The van der Waals surface area contributed by atoms with Gasteiger partial charge in [-0.05, 0) is 43.6 Å². The topological polar surface area (TPSA) is 57.5 Å². The molecule has 98 valence electrons. The Balaban J connectivity index is 1.89. The van der Waals surface area contributed by atoms with Gasteiger partial charge < -0.3 is 10.2 Å². The Bertz CT molecular complexity index is 391. The molecule has 0 saturated heterocycles. The van der Waals surface area contributed by atoms with Gasteiger partial charge in [-0.25, -0.2) is 0 Å². The Morgan fingerprint density at radius 3 is 2.39 bits per heavy atom. The molecule has 1 aromatic carbocycles. The fourth-order valence-electron chi connectivity index (χ4n) is 2.80. The quantitative estimate of drug-likeness (QED) is 0.861. The number of carbonyl (C=O) groups is 1. The van der Waals surface area contributed by atoms with Gasteiger partial charge in [0.25, 0.3) is 0 Å². The summed E-state index contributed by atoms with van der Waals surface area (Å²) < 4.78 is 0. The summed E-state index contributed by atoms with van der Waals surface area (Å²) in [6, 6.07) is 10.4. The van der Waals surface area contributed by atoms with Crippen LogP contribution in [0.5, 0.6) is 0 Å². The minimum absolute atomic E-state index is 0.0620. The van der Waals surface area contributed by atoms with Crippen LogP contribution in [0.4, 0.5) is 0 Å². The van der Waals surface area contributed by atoms with E-state index in [-0.39, 0.29) is 6.42 Å². The first kappa shape index (κ1) is 13.1. The molecule has 0 spiro atoms. The Hall–Kier alpha value is -1.35. The van der Waals surface area contributed by atoms with Crippen LogP contribution in [0.25, 0.3) is 0 Å². The number of aliphatic carboxylic acids is 1. The van der Waals surface area contributed by atoms with Crippen LogP contribution in [0.15, 0.2) is 30.3 Å². The van der Waals surface area contributed by atoms with Gasteiger partial charge in [0.1, 0.15) is 0 Å². The maximum atomic E-state index is 10.6. The summed E-state index contributed by atoms with van der Waals surface area (Å²) in [5, 5.41) is 19.0. The van der Waals surface area contributed by atoms with E-state index in [1.54, 1.807) is 0 Å². The van der Waals surface area contributed by atoms with Crippen molar-refractivity contribution in [1.82, 2.24) is 0 Å². The highest BCUT2D eigenvalue weighted by molar-refractivity contribution is 5.66. The average molecular weight is 248 g/mol. The molecule has 1 fully saturated rings. The molecule has 0 amide bonds. The summed E-state index contributed by atoms with van der Waals surface area (Å²) in [5.41, 5.74) is 0.571. The van der Waals surface area contributed by atoms with Crippen molar-refractivity contribution in [2.24, 2.45) is 0 Å². The third-order valence-electron chi connectivity index (χ3n) is 3.99. The van der Waals surface area contributed by atoms with Crippen molar-refractivity contribution in [3.05, 3.63) is 35.9 Å². The molecule has 2 N–H and O–H groups in total. The van der Waals surface area contributed by atoms with Gasteiger partial charge in [-0.1, -0.05) is 30.3 Å². The van der Waals surface area contributed by atoms with E-state index < -0.39 is 11.6 Å². The molecule has 1 aromatic rings. The van der Waals surface area contributed by atoms with Gasteiger partial charge in [0.15, 0.2) is 0 Å². The van der Waals surface area contributed by atoms with Crippen LogP contribution in [0.2, 0.25) is 0 Å². The third-order valence-corrected chi connectivity index (χ3v) is 3.99. The monoisotopic (exact) mass is 248 g/mol. The molecule has 1 saturated carbocycles. The molecular weight excluding hydrogens is 228 g/mol. The second-order valence-electron chi connectivity index (χ2n) is 5.30. The zero-order valence-corrected chi connectivity index (χ0v) is 10.5. The lowest BCUT2D eigenvalue weighted by Gasteiger charge is -2.36. The summed E-state index contributed by atoms with van der Waals surface area (Å²) in [5.74, 6) is -0.315. The van der Waals surface area contributed by atoms with Crippen molar-refractivity contribution in [3.8, 4) is 0 Å². The molecule has 3 nitrogen and oxygen atoms in total. The molecule has 0 heterocycles. The second-order valence-corrected chi connectivity index (χ2v) is 5.30. The Labute approximate surface area is 107 Å². The first-order chi connectivity index (χ1) is 8.59. The van der Waals surface area contributed by atoms with E-state index in [2.05, 4.69) is 12.1 Å². The lowest BCUT2D eigenvalue weighted by atomic mass is 9.74. The second kappa shape index (κ2) is 5.53. The van der Waals surface area contributed by atoms with Crippen molar-refractivity contribution < 1.29 is 15.0 Å². The summed E-state index contributed by atoms with van der Waals surface area (Å²) in [6.07, 6.45) is 3.75. The SMILES string of the molecule is O=C(O)CCC1(O)CCC(c2ccccc2)CC1. The maximum Gasteiger partial charge on any atom is 0.303 e. The predicted octanol–water partition coefficient (Wildman–Crippen LogP) is 2.94. The number of rotatable bonds is 4. The van der Waals surface area contributed by atoms with Crippen LogP contribution in [0, 0.1) is 0 Å². The van der Waals surface area contributed by atoms with E-state index in [9.17, 15) is 9.90 Å². The molecular formula is C15H20O3. The Morgan fingerprint density at radius 2 is 1.83 bits per heavy atom. The van der Waals surface area contributed by atoms with Crippen LogP contribution in [-0.4, -0.2) is 21.8 Å². The van der Waals surface area contributed by atoms with Gasteiger partial charge in [-0.3, -0.25) is 4.79 Å². The summed E-state index contributed by atoms with van der Waals surface area (Å²) in [6.45, 7) is 0. The largest absolute Gasteiger partial charge is 0.481 e. The summed E-state index contributed by atoms with van der Waals surface area (Å²) >= 11 is 0. The summed E-state index contributed by atoms with van der Waals surface area (Å²) in [4.78, 5) is 10.6. The highest BCUT2D eigenvalue weighted by Crippen LogP contribution is 2.39. The third kappa shape index (κ3) is 3.33. The zero-order chi connectivity index (χ0) is 13.0. The smallest absolute Gasteiger partial charge is 0.303 e. The van der Waals surface area contributed by atoms with Crippen LogP contribution in [0.1, 0.15) is 50.0 Å². The van der Waals surface area contributed by atoms with Crippen molar-refractivity contribution >= 4 is 5.97 Å². The summed E-state index contributed by atoms with van der Waals surface area (Å²) in [7, 11) is 0. The lowest BCUT2D eigenvalue weighted by molar-refractivity contribution is -0.138. The maximum absolute atomic E-state index is 10.6. The van der Waals surface area contributed by atoms with Gasteiger partial charge in [0.2, 0.25) is 0 Å². The minimum Gasteiger partial charge on any atom is -0.481 e. The lowest BCUT2D eigenvalue weighted by Crippen LogP contribution is -2.34. The van der Waals surface area contributed by atoms with Crippen LogP contribution in [0.3, 0.4) is 0 Å². The highest BCUT2D eigenvalue weighted by Gasteiger charge is 2.33. The molecule has 18 heavy (non-hydrogen) atoms. The van der Waals surface area contributed by atoms with Crippen LogP contribution in [-0.2, 0) is 4.79 Å². The number of hydrogen-bond donors (Lipinski definition) is 2. The van der Waals surface area contributed by atoms with Crippen LogP contribution >= 0.6 is 0 Å². The normalized spacial score (nSPS) is 27.9. The minimum atomic E-state index is -0.825. The molecule has 2 rings (SSSR count). The molecule has 0 bridgehead atoms. The van der Waals surface area contributed by atoms with Gasteiger partial charge in [-0.2, -0.15) is 0 Å². The highest BCUT2D eigenvalue weighted by atomic mass is 16.4. The molecule has 0 aromatic heterocycles. The zero-order valence-electron chi connectivity index (χ0n) is 10.5. The van der Waals surface area contributed by atoms with E-state index >= 15 is 0 Å². The van der Waals surface area contributed by atoms with Crippen molar-refractivity contribution in [2.45, 2.75) is 50.0 Å². The number of carboxylic acid groups (broad SMARTS) is 1. The number of benzene rings is 1. The van der Waals surface area contributed by atoms with Crippen LogP contribution < -0.4 is 0 Å². The van der Waals surface area contributed by atoms with Gasteiger partial charge in [-0.15, -0.1) is 0 Å². The van der Waals surface area contributed by atoms with E-state index in [1.165, 1.54) is 5.56 Å². The fraction of sp³-hybridized carbons (Fsp3) is 0.533. The first-order valence-electron chi connectivity index (χ1n) is 6.58. The van der Waals surface area contributed by atoms with Gasteiger partial charge in [0, 0.05) is 6.42 Å². The molecule has 0 radical (unpaired) electrons. The fourth-order valence-corrected chi connectivity index (χ4v) is 2.80. The predicted molar refractivity (Wildman–Crippen MR) is 69.5 cm³/mol. The van der Waals surface area contributed by atoms with Crippen molar-refractivity contribution in [1.29, 1.82) is 0 Å². The Kier molecular flexibility index (Phi) is 4.02. The molecule has 1 aliphatic rings. The first-order valence-corrected chi connectivity index (χ1v) is 6.58. The van der Waals surface area contributed by atoms with E-state index in [0.29, 0.717) is 25.2 Å². The van der Waals surface area contributed by atoms with E-state index in [0.717, 1.165) is 12.8 Å². The molecule has 1 aliphatic carbocycles. The van der Waals surface area contributed by atoms with Crippen molar-refractivity contribution in [3.63, 3.8) is 0 Å². The number of hydrogen-bond acceptors (Lipinski definition) is 2. The molecule has 0 atom stereocenters. The molecule has 0 unspecified atom stereocenters. The molecule has 3 heteroatoms. The average Bonchev–Trinajstić information content (AvgIpc) is 2.39. The van der Waals surface area contributed by atoms with Gasteiger partial charge >= 0.3 is 5.97 Å². The van der Waals surface area contributed by atoms with Crippen molar-refractivity contribution in [2.75, 3.05) is 0 Å². The van der Waals surface area contributed by atoms with E-state index in [1.807, 2.05) is 18.2 Å². The molecule has 0 aliphatic heterocycles. The van der Waals surface area contributed by atoms with E-state index in [4.69, 9.17) is 5.11 Å². The number of aliphatic hydroxyl groups is 1.